The Kier molecular flexibility index (Phi) is 11.6. The van der Waals surface area contributed by atoms with Crippen molar-refractivity contribution in [1.29, 1.82) is 0 Å². The number of halogens is 4. The second-order valence-corrected chi connectivity index (χ2v) is 10.9. The number of carbonyl (C=O) groups is 1. The van der Waals surface area contributed by atoms with Gasteiger partial charge in [0, 0.05) is 10.0 Å². The summed E-state index contributed by atoms with van der Waals surface area (Å²) in [6.07, 6.45) is 0.406. The first-order valence-corrected chi connectivity index (χ1v) is 13.1. The smallest absolute Gasteiger partial charge is 0.290 e. The number of aliphatic imine (C=N–C) groups is 1. The molecule has 0 fully saturated rings. The molecule has 1 N–H and O–H groups in total. The van der Waals surface area contributed by atoms with Crippen molar-refractivity contribution in [2.24, 2.45) is 4.99 Å². The normalized spacial score (nSPS) is 20.1. The van der Waals surface area contributed by atoms with Gasteiger partial charge in [0.15, 0.2) is 0 Å². The van der Waals surface area contributed by atoms with Gasteiger partial charge < -0.3 is 14.6 Å². The molecule has 2 aromatic carbocycles. The molecule has 0 radical (unpaired) electrons. The van der Waals surface area contributed by atoms with Crippen LogP contribution in [-0.2, 0) is 9.53 Å². The minimum atomic E-state index is -2.07. The molecule has 0 amide bonds. The third-order valence-electron chi connectivity index (χ3n) is 5.40. The highest BCUT2D eigenvalue weighted by molar-refractivity contribution is 9.10. The van der Waals surface area contributed by atoms with Crippen molar-refractivity contribution in [3.05, 3.63) is 68.8 Å². The van der Waals surface area contributed by atoms with E-state index in [1.807, 2.05) is 62.1 Å². The van der Waals surface area contributed by atoms with E-state index in [0.29, 0.717) is 17.3 Å². The predicted octanol–water partition coefficient (Wildman–Crippen LogP) is 7.60. The maximum atomic E-state index is 14.9. The minimum Gasteiger partial charge on any atom is -0.495 e. The summed E-state index contributed by atoms with van der Waals surface area (Å²) >= 11 is 15.3. The molecule has 4 atom stereocenters. The molecular weight excluding hydrogens is 593 g/mol. The first-order chi connectivity index (χ1) is 17.0. The van der Waals surface area contributed by atoms with Gasteiger partial charge in [-0.15, -0.1) is 0 Å². The second kappa shape index (κ2) is 13.7. The quantitative estimate of drug-likeness (QED) is 0.217. The Hall–Kier alpha value is -1.70. The number of hydrogen-bond acceptors (Lipinski definition) is 5. The molecule has 0 aromatic heterocycles. The van der Waals surface area contributed by atoms with Crippen LogP contribution in [0, 0.1) is 0 Å². The lowest BCUT2D eigenvalue weighted by Crippen LogP contribution is -2.45. The van der Waals surface area contributed by atoms with Crippen molar-refractivity contribution in [2.45, 2.75) is 44.3 Å². The van der Waals surface area contributed by atoms with E-state index in [1.54, 1.807) is 13.2 Å². The van der Waals surface area contributed by atoms with E-state index in [2.05, 4.69) is 30.2 Å². The number of anilines is 1. The number of para-hydroxylation sites is 1. The number of allylic oxidation sites excluding steroid dienone is 1. The van der Waals surface area contributed by atoms with Gasteiger partial charge in [-0.25, -0.2) is 4.39 Å². The van der Waals surface area contributed by atoms with Gasteiger partial charge in [-0.2, -0.15) is 0 Å². The van der Waals surface area contributed by atoms with Crippen molar-refractivity contribution >= 4 is 66.4 Å². The number of benzene rings is 2. The third-order valence-corrected chi connectivity index (χ3v) is 6.66. The zero-order chi connectivity index (χ0) is 27.0. The Morgan fingerprint density at radius 2 is 2.03 bits per heavy atom. The SMILES string of the molecule is CC[C@@H]1OC(C)c2cc(Br)ccc2N2C1=NCC(C)=C2C(F)(P)Cl.COc1ccccc1Cl.O=CO. The zero-order valence-electron chi connectivity index (χ0n) is 20.3. The molecule has 3 unspecified atom stereocenters. The molecule has 11 heteroatoms. The summed E-state index contributed by atoms with van der Waals surface area (Å²) in [4.78, 5) is 12.8. The van der Waals surface area contributed by atoms with Gasteiger partial charge in [0.2, 0.25) is 4.87 Å². The number of alkyl halides is 2. The lowest BCUT2D eigenvalue weighted by molar-refractivity contribution is -0.122. The Balaban J connectivity index is 0.000000316. The van der Waals surface area contributed by atoms with Crippen LogP contribution in [0.4, 0.5) is 10.1 Å². The summed E-state index contributed by atoms with van der Waals surface area (Å²) in [5, 5.41) is 7.54. The summed E-state index contributed by atoms with van der Waals surface area (Å²) in [6.45, 7) is 6.09. The van der Waals surface area contributed by atoms with Gasteiger partial charge >= 0.3 is 0 Å². The van der Waals surface area contributed by atoms with Gasteiger partial charge in [-0.1, -0.05) is 67.4 Å². The molecule has 0 bridgehead atoms. The van der Waals surface area contributed by atoms with Crippen LogP contribution in [0.5, 0.6) is 5.75 Å². The van der Waals surface area contributed by atoms with Crippen LogP contribution < -0.4 is 9.64 Å². The van der Waals surface area contributed by atoms with Crippen molar-refractivity contribution in [3.8, 4) is 5.75 Å². The summed E-state index contributed by atoms with van der Waals surface area (Å²) in [5.74, 6) is 1.44. The molecule has 2 aliphatic heterocycles. The molecular formula is C25H29BrCl2FN2O4P. The number of methoxy groups -OCH3 is 1. The van der Waals surface area contributed by atoms with Gasteiger partial charge in [0.25, 0.3) is 6.47 Å². The minimum absolute atomic E-state index is 0.133. The lowest BCUT2D eigenvalue weighted by atomic mass is 10.0. The molecule has 0 saturated heterocycles. The topological polar surface area (TPSA) is 71.4 Å². The van der Waals surface area contributed by atoms with Crippen LogP contribution in [0.25, 0.3) is 0 Å². The summed E-state index contributed by atoms with van der Waals surface area (Å²) in [5.41, 5.74) is 3.06. The molecule has 2 aromatic rings. The van der Waals surface area contributed by atoms with Gasteiger partial charge in [-0.3, -0.25) is 14.7 Å². The van der Waals surface area contributed by atoms with E-state index in [0.717, 1.165) is 39.3 Å². The largest absolute Gasteiger partial charge is 0.495 e. The number of ether oxygens (including phenoxy) is 2. The second-order valence-electron chi connectivity index (χ2n) is 7.88. The summed E-state index contributed by atoms with van der Waals surface area (Å²) in [7, 11) is 3.69. The summed E-state index contributed by atoms with van der Waals surface area (Å²) in [6, 6.07) is 13.3. The van der Waals surface area contributed by atoms with E-state index >= 15 is 0 Å². The fraction of sp³-hybridized carbons (Fsp3) is 0.360. The molecule has 36 heavy (non-hydrogen) atoms. The van der Waals surface area contributed by atoms with E-state index in [1.165, 1.54) is 0 Å². The molecule has 6 nitrogen and oxygen atoms in total. The molecule has 0 spiro atoms. The lowest BCUT2D eigenvalue weighted by Gasteiger charge is -2.37. The van der Waals surface area contributed by atoms with Crippen LogP contribution in [0.3, 0.4) is 0 Å². The van der Waals surface area contributed by atoms with Crippen LogP contribution in [0.15, 0.2) is 63.2 Å². The molecule has 0 aliphatic carbocycles. The number of carboxylic acid groups (broad SMARTS) is 1. The van der Waals surface area contributed by atoms with Crippen molar-refractivity contribution in [2.75, 3.05) is 18.6 Å². The van der Waals surface area contributed by atoms with Gasteiger partial charge in [0.05, 0.1) is 36.2 Å². The van der Waals surface area contributed by atoms with Crippen molar-refractivity contribution < 1.29 is 23.8 Å². The number of rotatable bonds is 3. The van der Waals surface area contributed by atoms with Crippen molar-refractivity contribution in [1.82, 2.24) is 0 Å². The van der Waals surface area contributed by atoms with Crippen LogP contribution in [0.2, 0.25) is 5.02 Å². The Morgan fingerprint density at radius 3 is 2.56 bits per heavy atom. The van der Waals surface area contributed by atoms with Crippen molar-refractivity contribution in [3.63, 3.8) is 0 Å². The average molecular weight is 622 g/mol. The molecule has 196 valence electrons. The highest BCUT2D eigenvalue weighted by atomic mass is 79.9. The zero-order valence-corrected chi connectivity index (χ0v) is 24.6. The number of nitrogens with zero attached hydrogens (tertiary/aromatic N) is 2. The fourth-order valence-electron chi connectivity index (χ4n) is 3.90. The highest BCUT2D eigenvalue weighted by Crippen LogP contribution is 2.46. The number of hydrogen-bond donors (Lipinski definition) is 1. The fourth-order valence-corrected chi connectivity index (χ4v) is 5.11. The molecule has 0 saturated carbocycles. The number of amidine groups is 1. The van der Waals surface area contributed by atoms with Gasteiger partial charge in [0.1, 0.15) is 17.7 Å². The Bertz CT molecular complexity index is 1130. The van der Waals surface area contributed by atoms with E-state index in [4.69, 9.17) is 42.6 Å². The first kappa shape index (κ1) is 30.5. The Labute approximate surface area is 231 Å². The molecule has 2 aliphatic rings. The van der Waals surface area contributed by atoms with Gasteiger partial charge in [-0.05, 0) is 56.2 Å². The monoisotopic (exact) mass is 620 g/mol. The third kappa shape index (κ3) is 7.42. The standard InChI is InChI=1S/C17H20BrClFN2OP.C7H7ClO.CH2O2/c1-4-14-16-21-8-9(2)15(17(19,20)24)22(16)13-6-5-11(18)7-12(13)10(3)23-14;1-9-7-5-3-2-4-6(7)8;2-1-3/h5-7,10,14H,4,8,24H2,1-3H3;2-5H,1H3;1H,(H,2,3)/t10?,14-,17?;;/m0../s1. The van der Waals surface area contributed by atoms with E-state index in [-0.39, 0.29) is 18.7 Å². The maximum Gasteiger partial charge on any atom is 0.290 e. The summed E-state index contributed by atoms with van der Waals surface area (Å²) < 4.78 is 26.9. The predicted molar refractivity (Wildman–Crippen MR) is 151 cm³/mol. The number of fused-ring (bicyclic) bond motifs is 3. The van der Waals surface area contributed by atoms with E-state index in [9.17, 15) is 4.39 Å². The maximum absolute atomic E-state index is 14.9. The molecule has 2 heterocycles. The molecule has 4 rings (SSSR count). The van der Waals surface area contributed by atoms with Crippen LogP contribution in [0.1, 0.15) is 38.9 Å². The van der Waals surface area contributed by atoms with Crippen LogP contribution >= 0.6 is 48.4 Å². The average Bonchev–Trinajstić information content (AvgIpc) is 2.93. The Morgan fingerprint density at radius 1 is 1.39 bits per heavy atom. The van der Waals surface area contributed by atoms with E-state index < -0.39 is 4.87 Å². The first-order valence-electron chi connectivity index (χ1n) is 11.0. The highest BCUT2D eigenvalue weighted by Gasteiger charge is 2.42. The van der Waals surface area contributed by atoms with Crippen LogP contribution in [-0.4, -0.2) is 42.0 Å².